The molecule has 1 aromatic carbocycles. The van der Waals surface area contributed by atoms with Crippen molar-refractivity contribution in [2.45, 2.75) is 12.1 Å². The summed E-state index contributed by atoms with van der Waals surface area (Å²) in [6.45, 7) is 0. The smallest absolute Gasteiger partial charge is 0.244 e. The number of carbonyl (C=O) groups excluding carboxylic acids is 1. The van der Waals surface area contributed by atoms with Crippen molar-refractivity contribution in [2.24, 2.45) is 0 Å². The summed E-state index contributed by atoms with van der Waals surface area (Å²) in [5.74, 6) is 1.33. The molecule has 1 aromatic rings. The van der Waals surface area contributed by atoms with Gasteiger partial charge >= 0.3 is 0 Å². The number of nitrogens with one attached hydrogen (secondary N) is 1. The summed E-state index contributed by atoms with van der Waals surface area (Å²) in [7, 11) is 0. The maximum absolute atomic E-state index is 11.6. The maximum Gasteiger partial charge on any atom is 0.244 e. The normalized spacial score (nSPS) is 24.1. The van der Waals surface area contributed by atoms with Gasteiger partial charge in [-0.2, -0.15) is 11.8 Å². The van der Waals surface area contributed by atoms with Crippen LogP contribution in [0.4, 0.5) is 0 Å². The van der Waals surface area contributed by atoms with Crippen LogP contribution in [-0.2, 0) is 4.79 Å². The summed E-state index contributed by atoms with van der Waals surface area (Å²) in [6.07, 6.45) is 2.85. The van der Waals surface area contributed by atoms with Crippen LogP contribution in [0.1, 0.15) is 5.56 Å². The van der Waals surface area contributed by atoms with Gasteiger partial charge in [0.2, 0.25) is 5.91 Å². The molecule has 2 atom stereocenters. The van der Waals surface area contributed by atoms with Gasteiger partial charge in [0.05, 0.1) is 12.1 Å². The van der Waals surface area contributed by atoms with Crippen molar-refractivity contribution in [3.63, 3.8) is 0 Å². The molecule has 2 N–H and O–H groups in total. The zero-order chi connectivity index (χ0) is 12.1. The van der Waals surface area contributed by atoms with E-state index in [-0.39, 0.29) is 11.9 Å². The van der Waals surface area contributed by atoms with E-state index in [0.717, 1.165) is 11.3 Å². The summed E-state index contributed by atoms with van der Waals surface area (Å²) < 4.78 is 0. The number of rotatable bonds is 3. The highest BCUT2D eigenvalue weighted by molar-refractivity contribution is 7.99. The number of benzene rings is 1. The van der Waals surface area contributed by atoms with Crippen LogP contribution in [-0.4, -0.2) is 34.7 Å². The van der Waals surface area contributed by atoms with E-state index in [1.807, 2.05) is 30.3 Å². The predicted molar refractivity (Wildman–Crippen MR) is 70.7 cm³/mol. The number of hydrogen-bond acceptors (Lipinski definition) is 3. The Hall–Kier alpha value is -1.26. The van der Waals surface area contributed by atoms with Crippen molar-refractivity contribution in [2.75, 3.05) is 11.5 Å². The Kier molecular flexibility index (Phi) is 4.23. The number of amides is 1. The lowest BCUT2D eigenvalue weighted by Crippen LogP contribution is -2.41. The molecule has 2 rings (SSSR count). The highest BCUT2D eigenvalue weighted by Gasteiger charge is 2.26. The Balaban J connectivity index is 1.87. The minimum atomic E-state index is -0.422. The Morgan fingerprint density at radius 2 is 2.12 bits per heavy atom. The van der Waals surface area contributed by atoms with Crippen molar-refractivity contribution in [1.29, 1.82) is 0 Å². The molecule has 1 fully saturated rings. The Morgan fingerprint density at radius 3 is 2.76 bits per heavy atom. The summed E-state index contributed by atoms with van der Waals surface area (Å²) in [5, 5.41) is 12.4. The molecular weight excluding hydrogens is 234 g/mol. The van der Waals surface area contributed by atoms with E-state index in [1.165, 1.54) is 6.08 Å². The first-order valence-corrected chi connectivity index (χ1v) is 6.70. The van der Waals surface area contributed by atoms with E-state index < -0.39 is 6.10 Å². The number of hydrogen-bond donors (Lipinski definition) is 2. The summed E-state index contributed by atoms with van der Waals surface area (Å²) in [5.41, 5.74) is 0.990. The third-order valence-corrected chi connectivity index (χ3v) is 3.78. The highest BCUT2D eigenvalue weighted by atomic mass is 32.2. The third-order valence-electron chi connectivity index (χ3n) is 2.60. The lowest BCUT2D eigenvalue weighted by atomic mass is 10.2. The molecule has 1 amide bonds. The van der Waals surface area contributed by atoms with Crippen LogP contribution in [0.5, 0.6) is 0 Å². The molecule has 0 radical (unpaired) electrons. The van der Waals surface area contributed by atoms with Gasteiger partial charge in [-0.1, -0.05) is 30.3 Å². The summed E-state index contributed by atoms with van der Waals surface area (Å²) in [6, 6.07) is 9.54. The summed E-state index contributed by atoms with van der Waals surface area (Å²) >= 11 is 1.66. The second-order valence-electron chi connectivity index (χ2n) is 3.96. The number of thioether (sulfide) groups is 1. The molecule has 90 valence electrons. The first kappa shape index (κ1) is 12.2. The first-order chi connectivity index (χ1) is 8.25. The van der Waals surface area contributed by atoms with Gasteiger partial charge in [0.15, 0.2) is 0 Å². The molecule has 1 saturated heterocycles. The fraction of sp³-hybridized carbons (Fsp3) is 0.308. The van der Waals surface area contributed by atoms with Gasteiger partial charge in [-0.05, 0) is 11.6 Å². The lowest BCUT2D eigenvalue weighted by molar-refractivity contribution is -0.117. The molecule has 1 aliphatic rings. The topological polar surface area (TPSA) is 49.3 Å². The van der Waals surface area contributed by atoms with Crippen molar-refractivity contribution >= 4 is 23.7 Å². The van der Waals surface area contributed by atoms with Crippen molar-refractivity contribution in [3.05, 3.63) is 42.0 Å². The zero-order valence-electron chi connectivity index (χ0n) is 9.37. The van der Waals surface area contributed by atoms with Crippen LogP contribution in [0.15, 0.2) is 36.4 Å². The van der Waals surface area contributed by atoms with E-state index in [0.29, 0.717) is 5.75 Å². The lowest BCUT2D eigenvalue weighted by Gasteiger charge is -2.13. The molecule has 0 spiro atoms. The van der Waals surface area contributed by atoms with E-state index in [1.54, 1.807) is 17.8 Å². The fourth-order valence-corrected chi connectivity index (χ4v) is 2.82. The van der Waals surface area contributed by atoms with Crippen LogP contribution >= 0.6 is 11.8 Å². The largest absolute Gasteiger partial charge is 0.390 e. The minimum absolute atomic E-state index is 0.118. The SMILES string of the molecule is O=C(/C=C/c1ccccc1)NC1CSCC1O. The van der Waals surface area contributed by atoms with Crippen LogP contribution in [0, 0.1) is 0 Å². The number of carbonyl (C=O) groups is 1. The minimum Gasteiger partial charge on any atom is -0.390 e. The average molecular weight is 249 g/mol. The van der Waals surface area contributed by atoms with Gasteiger partial charge in [0, 0.05) is 17.6 Å². The van der Waals surface area contributed by atoms with Crippen molar-refractivity contribution in [3.8, 4) is 0 Å². The Bertz CT molecular complexity index is 405. The van der Waals surface area contributed by atoms with Gasteiger partial charge in [0.1, 0.15) is 0 Å². The van der Waals surface area contributed by atoms with Gasteiger partial charge in [-0.15, -0.1) is 0 Å². The van der Waals surface area contributed by atoms with Gasteiger partial charge < -0.3 is 10.4 Å². The molecule has 17 heavy (non-hydrogen) atoms. The Labute approximate surface area is 105 Å². The van der Waals surface area contributed by atoms with Crippen LogP contribution < -0.4 is 5.32 Å². The molecule has 0 saturated carbocycles. The number of aliphatic hydroxyl groups is 1. The predicted octanol–water partition coefficient (Wildman–Crippen LogP) is 1.29. The standard InChI is InChI=1S/C13H15NO2S/c15-12-9-17-8-11(12)14-13(16)7-6-10-4-2-1-3-5-10/h1-7,11-12,15H,8-9H2,(H,14,16)/b7-6+. The van der Waals surface area contributed by atoms with Crippen LogP contribution in [0.3, 0.4) is 0 Å². The molecule has 0 aliphatic carbocycles. The zero-order valence-corrected chi connectivity index (χ0v) is 10.2. The number of aliphatic hydroxyl groups excluding tert-OH is 1. The van der Waals surface area contributed by atoms with Crippen LogP contribution in [0.25, 0.3) is 6.08 Å². The molecule has 0 aromatic heterocycles. The molecule has 4 heteroatoms. The van der Waals surface area contributed by atoms with Crippen molar-refractivity contribution < 1.29 is 9.90 Å². The van der Waals surface area contributed by atoms with Gasteiger partial charge in [0.25, 0.3) is 0 Å². The average Bonchev–Trinajstić information content (AvgIpc) is 2.74. The van der Waals surface area contributed by atoms with E-state index >= 15 is 0 Å². The van der Waals surface area contributed by atoms with Gasteiger partial charge in [-0.3, -0.25) is 4.79 Å². The maximum atomic E-state index is 11.6. The molecule has 2 unspecified atom stereocenters. The molecule has 1 aliphatic heterocycles. The highest BCUT2D eigenvalue weighted by Crippen LogP contribution is 2.17. The van der Waals surface area contributed by atoms with E-state index in [2.05, 4.69) is 5.32 Å². The fourth-order valence-electron chi connectivity index (χ4n) is 1.65. The first-order valence-electron chi connectivity index (χ1n) is 5.55. The Morgan fingerprint density at radius 1 is 1.35 bits per heavy atom. The third kappa shape index (κ3) is 3.61. The summed E-state index contributed by atoms with van der Waals surface area (Å²) in [4.78, 5) is 11.6. The second-order valence-corrected chi connectivity index (χ2v) is 5.04. The van der Waals surface area contributed by atoms with Crippen LogP contribution in [0.2, 0.25) is 0 Å². The molecular formula is C13H15NO2S. The molecule has 3 nitrogen and oxygen atoms in total. The van der Waals surface area contributed by atoms with Gasteiger partial charge in [-0.25, -0.2) is 0 Å². The van der Waals surface area contributed by atoms with E-state index in [9.17, 15) is 9.90 Å². The molecule has 1 heterocycles. The van der Waals surface area contributed by atoms with Crippen molar-refractivity contribution in [1.82, 2.24) is 5.32 Å². The second kappa shape index (κ2) is 5.89. The van der Waals surface area contributed by atoms with E-state index in [4.69, 9.17) is 0 Å². The molecule has 0 bridgehead atoms. The monoisotopic (exact) mass is 249 g/mol. The quantitative estimate of drug-likeness (QED) is 0.794.